The molecule has 0 aliphatic rings. The third kappa shape index (κ3) is 3.84. The van der Waals surface area contributed by atoms with E-state index in [9.17, 15) is 23.1 Å². The van der Waals surface area contributed by atoms with Crippen LogP contribution in [-0.4, -0.2) is 36.9 Å². The smallest absolute Gasteiger partial charge is 0.394 e. The van der Waals surface area contributed by atoms with E-state index in [2.05, 4.69) is 5.32 Å². The van der Waals surface area contributed by atoms with Gasteiger partial charge in [-0.05, 0) is 5.92 Å². The van der Waals surface area contributed by atoms with E-state index < -0.39 is 30.3 Å². The number of nitrogens with one attached hydrogen (secondary N) is 1. The van der Waals surface area contributed by atoms with Crippen molar-refractivity contribution in [2.75, 3.05) is 13.7 Å². The monoisotopic (exact) mass is 333 g/mol. The molecule has 130 valence electrons. The van der Waals surface area contributed by atoms with Gasteiger partial charge < -0.3 is 15.2 Å². The second-order valence-corrected chi connectivity index (χ2v) is 5.40. The molecule has 23 heavy (non-hydrogen) atoms. The second-order valence-electron chi connectivity index (χ2n) is 5.40. The lowest BCUT2D eigenvalue weighted by Gasteiger charge is -2.35. The number of halogens is 3. The topological polar surface area (TPSA) is 58.6 Å². The van der Waals surface area contributed by atoms with Gasteiger partial charge in [-0.3, -0.25) is 4.79 Å². The van der Waals surface area contributed by atoms with Gasteiger partial charge >= 0.3 is 6.18 Å². The standard InChI is InChI=1S/C16H22F3NO3/c1-4-11(2)13(10-21)20-14(22)15(23-3,16(17,18)19)12-8-6-5-7-9-12/h5-9,11,13,21H,4,10H2,1-3H3,(H,20,22)/t11-,13+,15+/m0/s1. The number of aliphatic hydroxyl groups is 1. The van der Waals surface area contributed by atoms with Gasteiger partial charge in [0.1, 0.15) is 0 Å². The molecule has 0 aliphatic heterocycles. The summed E-state index contributed by atoms with van der Waals surface area (Å²) < 4.78 is 45.8. The minimum absolute atomic E-state index is 0.178. The van der Waals surface area contributed by atoms with Gasteiger partial charge in [0.15, 0.2) is 0 Å². The van der Waals surface area contributed by atoms with E-state index in [1.807, 2.05) is 6.92 Å². The van der Waals surface area contributed by atoms with E-state index in [1.54, 1.807) is 13.0 Å². The van der Waals surface area contributed by atoms with E-state index in [1.165, 1.54) is 24.3 Å². The molecule has 0 aliphatic carbocycles. The highest BCUT2D eigenvalue weighted by Crippen LogP contribution is 2.42. The van der Waals surface area contributed by atoms with Crippen LogP contribution in [0.2, 0.25) is 0 Å². The summed E-state index contributed by atoms with van der Waals surface area (Å²) in [6, 6.07) is 5.95. The first-order valence-corrected chi connectivity index (χ1v) is 7.33. The van der Waals surface area contributed by atoms with E-state index in [-0.39, 0.29) is 11.5 Å². The molecule has 4 nitrogen and oxygen atoms in total. The van der Waals surface area contributed by atoms with Crippen molar-refractivity contribution in [1.82, 2.24) is 5.32 Å². The predicted octanol–water partition coefficient (Wildman–Crippen LogP) is 2.61. The maximum Gasteiger partial charge on any atom is 0.430 e. The number of aliphatic hydroxyl groups excluding tert-OH is 1. The quantitative estimate of drug-likeness (QED) is 0.806. The summed E-state index contributed by atoms with van der Waals surface area (Å²) in [6.45, 7) is 3.11. The molecule has 0 spiro atoms. The van der Waals surface area contributed by atoms with Gasteiger partial charge in [0.05, 0.1) is 12.6 Å². The molecule has 0 bridgehead atoms. The number of ether oxygens (including phenoxy) is 1. The number of carbonyl (C=O) groups excluding carboxylic acids is 1. The summed E-state index contributed by atoms with van der Waals surface area (Å²) in [5, 5.41) is 11.6. The Balaban J connectivity index is 3.28. The number of methoxy groups -OCH3 is 1. The number of carbonyl (C=O) groups is 1. The largest absolute Gasteiger partial charge is 0.430 e. The van der Waals surface area contributed by atoms with Crippen LogP contribution in [0.3, 0.4) is 0 Å². The second kappa shape index (κ2) is 7.79. The molecule has 0 fully saturated rings. The molecule has 0 saturated heterocycles. The number of hydrogen-bond acceptors (Lipinski definition) is 3. The Morgan fingerprint density at radius 2 is 1.87 bits per heavy atom. The van der Waals surface area contributed by atoms with Crippen LogP contribution >= 0.6 is 0 Å². The molecule has 0 aromatic heterocycles. The molecular weight excluding hydrogens is 311 g/mol. The van der Waals surface area contributed by atoms with Gasteiger partial charge in [-0.1, -0.05) is 50.6 Å². The Bertz CT molecular complexity index is 507. The fourth-order valence-electron chi connectivity index (χ4n) is 2.35. The van der Waals surface area contributed by atoms with Crippen molar-refractivity contribution in [1.29, 1.82) is 0 Å². The maximum absolute atomic E-state index is 13.7. The number of benzene rings is 1. The van der Waals surface area contributed by atoms with Gasteiger partial charge in [0, 0.05) is 12.7 Å². The first kappa shape index (κ1) is 19.4. The Hall–Kier alpha value is -1.60. The van der Waals surface area contributed by atoms with Crippen molar-refractivity contribution in [2.24, 2.45) is 5.92 Å². The van der Waals surface area contributed by atoms with Crippen molar-refractivity contribution in [3.05, 3.63) is 35.9 Å². The van der Waals surface area contributed by atoms with Crippen molar-refractivity contribution < 1.29 is 27.8 Å². The van der Waals surface area contributed by atoms with Crippen molar-refractivity contribution in [3.8, 4) is 0 Å². The van der Waals surface area contributed by atoms with E-state index in [4.69, 9.17) is 4.74 Å². The number of alkyl halides is 3. The molecular formula is C16H22F3NO3. The normalized spacial score (nSPS) is 17.2. The van der Waals surface area contributed by atoms with Crippen LogP contribution in [-0.2, 0) is 15.1 Å². The molecule has 1 aromatic carbocycles. The van der Waals surface area contributed by atoms with Crippen LogP contribution in [0, 0.1) is 5.92 Å². The highest BCUT2D eigenvalue weighted by atomic mass is 19.4. The SMILES string of the molecule is CC[C@H](C)[C@@H](CO)NC(=O)[C@](OC)(c1ccccc1)C(F)(F)F. The third-order valence-electron chi connectivity index (χ3n) is 4.05. The van der Waals surface area contributed by atoms with Gasteiger partial charge in [-0.2, -0.15) is 13.2 Å². The van der Waals surface area contributed by atoms with E-state index >= 15 is 0 Å². The summed E-state index contributed by atoms with van der Waals surface area (Å²) in [5.41, 5.74) is -3.43. The van der Waals surface area contributed by atoms with Crippen LogP contribution in [0.25, 0.3) is 0 Å². The molecule has 2 N–H and O–H groups in total. The molecule has 3 atom stereocenters. The van der Waals surface area contributed by atoms with Crippen LogP contribution in [0.15, 0.2) is 30.3 Å². The first-order valence-electron chi connectivity index (χ1n) is 7.33. The predicted molar refractivity (Wildman–Crippen MR) is 79.7 cm³/mol. The van der Waals surface area contributed by atoms with Crippen LogP contribution < -0.4 is 5.32 Å². The minimum atomic E-state index is -4.96. The van der Waals surface area contributed by atoms with Gasteiger partial charge in [0.2, 0.25) is 0 Å². The van der Waals surface area contributed by atoms with Gasteiger partial charge in [-0.25, -0.2) is 0 Å². The molecule has 1 amide bonds. The fourth-order valence-corrected chi connectivity index (χ4v) is 2.35. The van der Waals surface area contributed by atoms with E-state index in [0.29, 0.717) is 6.42 Å². The fraction of sp³-hybridized carbons (Fsp3) is 0.562. The van der Waals surface area contributed by atoms with Crippen molar-refractivity contribution in [2.45, 2.75) is 38.1 Å². The number of rotatable bonds is 7. The van der Waals surface area contributed by atoms with Crippen LogP contribution in [0.4, 0.5) is 13.2 Å². The molecule has 0 unspecified atom stereocenters. The molecule has 0 saturated carbocycles. The van der Waals surface area contributed by atoms with Crippen LogP contribution in [0.1, 0.15) is 25.8 Å². The molecule has 1 aromatic rings. The van der Waals surface area contributed by atoms with E-state index in [0.717, 1.165) is 7.11 Å². The number of hydrogen-bond donors (Lipinski definition) is 2. The van der Waals surface area contributed by atoms with Gasteiger partial charge in [-0.15, -0.1) is 0 Å². The lowest BCUT2D eigenvalue weighted by atomic mass is 9.90. The zero-order valence-electron chi connectivity index (χ0n) is 13.4. The Labute approximate surface area is 133 Å². The summed E-state index contributed by atoms with van der Waals surface area (Å²) in [6.07, 6.45) is -4.36. The maximum atomic E-state index is 13.7. The lowest BCUT2D eigenvalue weighted by molar-refractivity contribution is -0.266. The Kier molecular flexibility index (Phi) is 6.58. The highest BCUT2D eigenvalue weighted by molar-refractivity contribution is 5.88. The first-order chi connectivity index (χ1) is 10.7. The van der Waals surface area contributed by atoms with Gasteiger partial charge in [0.25, 0.3) is 11.5 Å². The zero-order chi connectivity index (χ0) is 17.7. The van der Waals surface area contributed by atoms with Crippen LogP contribution in [0.5, 0.6) is 0 Å². The summed E-state index contributed by atoms with van der Waals surface area (Å²) in [4.78, 5) is 12.5. The zero-order valence-corrected chi connectivity index (χ0v) is 13.4. The third-order valence-corrected chi connectivity index (χ3v) is 4.05. The molecule has 7 heteroatoms. The molecule has 0 heterocycles. The average Bonchev–Trinajstić information content (AvgIpc) is 2.52. The number of amides is 1. The summed E-state index contributed by atoms with van der Waals surface area (Å²) >= 11 is 0. The lowest BCUT2D eigenvalue weighted by Crippen LogP contribution is -2.58. The molecule has 1 rings (SSSR count). The molecule has 0 radical (unpaired) electrons. The summed E-state index contributed by atoms with van der Waals surface area (Å²) in [7, 11) is 0.845. The average molecular weight is 333 g/mol. The Morgan fingerprint density at radius 3 is 2.26 bits per heavy atom. The summed E-state index contributed by atoms with van der Waals surface area (Å²) in [5.74, 6) is -1.51. The Morgan fingerprint density at radius 1 is 1.30 bits per heavy atom. The highest BCUT2D eigenvalue weighted by Gasteiger charge is 2.62. The minimum Gasteiger partial charge on any atom is -0.394 e. The van der Waals surface area contributed by atoms with Crippen molar-refractivity contribution >= 4 is 5.91 Å². The van der Waals surface area contributed by atoms with Crippen molar-refractivity contribution in [3.63, 3.8) is 0 Å².